The lowest BCUT2D eigenvalue weighted by molar-refractivity contribution is 0.0745. The van der Waals surface area contributed by atoms with E-state index < -0.39 is 0 Å². The van der Waals surface area contributed by atoms with Crippen molar-refractivity contribution < 1.29 is 14.3 Å². The average molecular weight is 381 g/mol. The molecule has 0 spiro atoms. The van der Waals surface area contributed by atoms with E-state index in [4.69, 9.17) is 9.47 Å². The van der Waals surface area contributed by atoms with Crippen molar-refractivity contribution in [2.24, 2.45) is 0 Å². The average Bonchev–Trinajstić information content (AvgIpc) is 3.23. The predicted octanol–water partition coefficient (Wildman–Crippen LogP) is 2.83. The second-order valence-electron chi connectivity index (χ2n) is 7.56. The number of rotatable bonds is 4. The van der Waals surface area contributed by atoms with Gasteiger partial charge in [0.1, 0.15) is 6.10 Å². The molecule has 2 fully saturated rings. The van der Waals surface area contributed by atoms with E-state index in [0.717, 1.165) is 19.5 Å². The molecule has 0 bridgehead atoms. The van der Waals surface area contributed by atoms with Crippen LogP contribution in [0.4, 0.5) is 5.69 Å². The van der Waals surface area contributed by atoms with Gasteiger partial charge in [-0.15, -0.1) is 0 Å². The maximum atomic E-state index is 13.0. The molecule has 2 saturated heterocycles. The van der Waals surface area contributed by atoms with Gasteiger partial charge in [0.15, 0.2) is 0 Å². The molecule has 1 amide bonds. The first-order valence-corrected chi connectivity index (χ1v) is 9.92. The molecule has 2 aliphatic heterocycles. The predicted molar refractivity (Wildman–Crippen MR) is 108 cm³/mol. The van der Waals surface area contributed by atoms with Crippen LogP contribution in [0.5, 0.6) is 5.88 Å². The van der Waals surface area contributed by atoms with E-state index in [1.807, 2.05) is 4.90 Å². The highest BCUT2D eigenvalue weighted by molar-refractivity contribution is 5.94. The standard InChI is InChI=1S/C22H27N3O3/c1-16-3-4-17(2)20(13-16)24-8-10-25(11-9-24)22(26)18-5-7-23-21(14-18)28-19-6-12-27-15-19/h3-5,7,13-14,19H,6,8-12,15H2,1-2H3. The number of anilines is 1. The molecular formula is C22H27N3O3. The zero-order valence-electron chi connectivity index (χ0n) is 16.6. The van der Waals surface area contributed by atoms with Gasteiger partial charge >= 0.3 is 0 Å². The SMILES string of the molecule is Cc1ccc(C)c(N2CCN(C(=O)c3ccnc(OC4CCOC4)c3)CC2)c1. The molecule has 148 valence electrons. The second kappa shape index (κ2) is 8.19. The van der Waals surface area contributed by atoms with E-state index in [-0.39, 0.29) is 12.0 Å². The summed E-state index contributed by atoms with van der Waals surface area (Å²) in [5.74, 6) is 0.533. The molecule has 0 aliphatic carbocycles. The van der Waals surface area contributed by atoms with Crippen LogP contribution in [0.3, 0.4) is 0 Å². The van der Waals surface area contributed by atoms with Crippen LogP contribution in [-0.4, -0.2) is 61.3 Å². The molecule has 28 heavy (non-hydrogen) atoms. The van der Waals surface area contributed by atoms with Crippen molar-refractivity contribution in [1.82, 2.24) is 9.88 Å². The number of aryl methyl sites for hydroxylation is 2. The molecule has 4 rings (SSSR count). The molecular weight excluding hydrogens is 354 g/mol. The Labute approximate surface area is 166 Å². The van der Waals surface area contributed by atoms with Crippen molar-refractivity contribution in [3.63, 3.8) is 0 Å². The van der Waals surface area contributed by atoms with Crippen molar-refractivity contribution in [2.45, 2.75) is 26.4 Å². The number of hydrogen-bond acceptors (Lipinski definition) is 5. The molecule has 2 aromatic rings. The summed E-state index contributed by atoms with van der Waals surface area (Å²) in [6, 6.07) is 10.0. The normalized spacial score (nSPS) is 19.7. The number of ether oxygens (including phenoxy) is 2. The third-order valence-corrected chi connectivity index (χ3v) is 5.43. The number of carbonyl (C=O) groups excluding carboxylic acids is 1. The van der Waals surface area contributed by atoms with Gasteiger partial charge in [-0.2, -0.15) is 0 Å². The zero-order chi connectivity index (χ0) is 19.5. The van der Waals surface area contributed by atoms with E-state index in [0.29, 0.717) is 37.7 Å². The van der Waals surface area contributed by atoms with Crippen LogP contribution in [0.2, 0.25) is 0 Å². The Morgan fingerprint density at radius 3 is 2.71 bits per heavy atom. The molecule has 1 unspecified atom stereocenters. The Morgan fingerprint density at radius 2 is 1.96 bits per heavy atom. The minimum Gasteiger partial charge on any atom is -0.472 e. The summed E-state index contributed by atoms with van der Waals surface area (Å²) in [5.41, 5.74) is 4.43. The molecule has 6 nitrogen and oxygen atoms in total. The summed E-state index contributed by atoms with van der Waals surface area (Å²) < 4.78 is 11.2. The molecule has 0 N–H and O–H groups in total. The summed E-state index contributed by atoms with van der Waals surface area (Å²) in [7, 11) is 0. The molecule has 0 saturated carbocycles. The molecule has 1 aromatic carbocycles. The van der Waals surface area contributed by atoms with Crippen molar-refractivity contribution in [1.29, 1.82) is 0 Å². The number of nitrogens with zero attached hydrogens (tertiary/aromatic N) is 3. The van der Waals surface area contributed by atoms with E-state index in [1.165, 1.54) is 16.8 Å². The topological polar surface area (TPSA) is 54.9 Å². The summed E-state index contributed by atoms with van der Waals surface area (Å²) in [4.78, 5) is 21.5. The third kappa shape index (κ3) is 4.12. The number of benzene rings is 1. The van der Waals surface area contributed by atoms with Crippen LogP contribution in [0.25, 0.3) is 0 Å². The smallest absolute Gasteiger partial charge is 0.254 e. The highest BCUT2D eigenvalue weighted by Crippen LogP contribution is 2.23. The minimum absolute atomic E-state index is 0.0268. The Bertz CT molecular complexity index is 841. The fraction of sp³-hybridized carbons (Fsp3) is 0.455. The lowest BCUT2D eigenvalue weighted by Gasteiger charge is -2.37. The van der Waals surface area contributed by atoms with Crippen LogP contribution in [0.15, 0.2) is 36.5 Å². The van der Waals surface area contributed by atoms with Gasteiger partial charge in [-0.05, 0) is 37.1 Å². The molecule has 6 heteroatoms. The second-order valence-corrected chi connectivity index (χ2v) is 7.56. The maximum Gasteiger partial charge on any atom is 0.254 e. The Morgan fingerprint density at radius 1 is 1.14 bits per heavy atom. The van der Waals surface area contributed by atoms with Crippen LogP contribution in [-0.2, 0) is 4.74 Å². The number of amides is 1. The molecule has 3 heterocycles. The minimum atomic E-state index is 0.0268. The number of hydrogen-bond donors (Lipinski definition) is 0. The van der Waals surface area contributed by atoms with Gasteiger partial charge in [0.05, 0.1) is 13.2 Å². The highest BCUT2D eigenvalue weighted by Gasteiger charge is 2.24. The highest BCUT2D eigenvalue weighted by atomic mass is 16.5. The van der Waals surface area contributed by atoms with Gasteiger partial charge in [0.25, 0.3) is 5.91 Å². The first-order chi connectivity index (χ1) is 13.6. The van der Waals surface area contributed by atoms with Crippen LogP contribution >= 0.6 is 0 Å². The molecule has 0 radical (unpaired) electrons. The van der Waals surface area contributed by atoms with E-state index in [2.05, 4.69) is 41.9 Å². The van der Waals surface area contributed by atoms with Crippen LogP contribution in [0, 0.1) is 13.8 Å². The first-order valence-electron chi connectivity index (χ1n) is 9.92. The van der Waals surface area contributed by atoms with Gasteiger partial charge < -0.3 is 19.3 Å². The lowest BCUT2D eigenvalue weighted by atomic mass is 10.1. The van der Waals surface area contributed by atoms with Gasteiger partial charge in [0, 0.05) is 56.1 Å². The number of carbonyl (C=O) groups is 1. The van der Waals surface area contributed by atoms with Gasteiger partial charge in [-0.25, -0.2) is 4.98 Å². The molecule has 1 atom stereocenters. The number of aromatic nitrogens is 1. The van der Waals surface area contributed by atoms with Crippen molar-refractivity contribution >= 4 is 11.6 Å². The number of pyridine rings is 1. The van der Waals surface area contributed by atoms with Crippen molar-refractivity contribution in [3.8, 4) is 5.88 Å². The lowest BCUT2D eigenvalue weighted by Crippen LogP contribution is -2.49. The van der Waals surface area contributed by atoms with Crippen LogP contribution in [0.1, 0.15) is 27.9 Å². The summed E-state index contributed by atoms with van der Waals surface area (Å²) in [6.45, 7) is 8.65. The quantitative estimate of drug-likeness (QED) is 0.815. The monoisotopic (exact) mass is 381 g/mol. The van der Waals surface area contributed by atoms with Gasteiger partial charge in [0.2, 0.25) is 5.88 Å². The van der Waals surface area contributed by atoms with Gasteiger partial charge in [-0.1, -0.05) is 12.1 Å². The van der Waals surface area contributed by atoms with Crippen LogP contribution < -0.4 is 9.64 Å². The Hall–Kier alpha value is -2.60. The fourth-order valence-corrected chi connectivity index (χ4v) is 3.78. The zero-order valence-corrected chi connectivity index (χ0v) is 16.6. The Balaban J connectivity index is 1.39. The summed E-state index contributed by atoms with van der Waals surface area (Å²) in [6.07, 6.45) is 2.53. The summed E-state index contributed by atoms with van der Waals surface area (Å²) >= 11 is 0. The largest absolute Gasteiger partial charge is 0.472 e. The first kappa shape index (κ1) is 18.7. The third-order valence-electron chi connectivity index (χ3n) is 5.43. The summed E-state index contributed by atoms with van der Waals surface area (Å²) in [5, 5.41) is 0. The molecule has 1 aromatic heterocycles. The van der Waals surface area contributed by atoms with E-state index >= 15 is 0 Å². The van der Waals surface area contributed by atoms with Crippen molar-refractivity contribution in [2.75, 3.05) is 44.3 Å². The fourth-order valence-electron chi connectivity index (χ4n) is 3.78. The van der Waals surface area contributed by atoms with E-state index in [1.54, 1.807) is 18.3 Å². The Kier molecular flexibility index (Phi) is 5.48. The maximum absolute atomic E-state index is 13.0. The van der Waals surface area contributed by atoms with Gasteiger partial charge in [-0.3, -0.25) is 4.79 Å². The van der Waals surface area contributed by atoms with E-state index in [9.17, 15) is 4.79 Å². The number of piperazine rings is 1. The molecule has 2 aliphatic rings. The van der Waals surface area contributed by atoms with Crippen molar-refractivity contribution in [3.05, 3.63) is 53.2 Å².